The van der Waals surface area contributed by atoms with E-state index in [0.717, 1.165) is 6.42 Å². The Balaban J connectivity index is 2.15. The van der Waals surface area contributed by atoms with E-state index in [1.54, 1.807) is 0 Å². The Kier molecular flexibility index (Phi) is 4.79. The fourth-order valence-corrected chi connectivity index (χ4v) is 4.69. The maximum absolute atomic E-state index is 10.8. The van der Waals surface area contributed by atoms with Crippen molar-refractivity contribution in [2.24, 2.45) is 5.41 Å². The highest BCUT2D eigenvalue weighted by Gasteiger charge is 2.44. The van der Waals surface area contributed by atoms with E-state index in [1.807, 2.05) is 19.1 Å². The molecule has 2 aliphatic rings. The van der Waals surface area contributed by atoms with Crippen LogP contribution in [0.3, 0.4) is 0 Å². The lowest BCUT2D eigenvalue weighted by atomic mass is 9.60. The van der Waals surface area contributed by atoms with Gasteiger partial charge in [-0.1, -0.05) is 82.4 Å². The molecule has 0 fully saturated rings. The van der Waals surface area contributed by atoms with Crippen molar-refractivity contribution in [3.63, 3.8) is 0 Å². The van der Waals surface area contributed by atoms with Gasteiger partial charge in [-0.05, 0) is 35.4 Å². The van der Waals surface area contributed by atoms with Crippen molar-refractivity contribution >= 4 is 0 Å². The predicted molar refractivity (Wildman–Crippen MR) is 108 cm³/mol. The fraction of sp³-hybridized carbons (Fsp3) is 0.500. The van der Waals surface area contributed by atoms with Crippen LogP contribution in [0.2, 0.25) is 0 Å². The molecule has 0 aromatic heterocycles. The van der Waals surface area contributed by atoms with Crippen LogP contribution < -0.4 is 0 Å². The molecule has 0 aliphatic heterocycles. The molecule has 3 rings (SSSR count). The summed E-state index contributed by atoms with van der Waals surface area (Å²) >= 11 is 0. The second-order valence-electron chi connectivity index (χ2n) is 9.12. The summed E-state index contributed by atoms with van der Waals surface area (Å²) in [5, 5.41) is 21.0. The first kappa shape index (κ1) is 19.1. The number of aliphatic hydroxyl groups is 2. The lowest BCUT2D eigenvalue weighted by Gasteiger charge is -2.46. The van der Waals surface area contributed by atoms with E-state index in [-0.39, 0.29) is 29.5 Å². The van der Waals surface area contributed by atoms with Crippen LogP contribution in [0.15, 0.2) is 54.7 Å². The van der Waals surface area contributed by atoms with Crippen molar-refractivity contribution in [3.8, 4) is 0 Å². The molecule has 1 aromatic rings. The topological polar surface area (TPSA) is 40.5 Å². The minimum atomic E-state index is -0.412. The van der Waals surface area contributed by atoms with Gasteiger partial charge in [-0.3, -0.25) is 0 Å². The third-order valence-corrected chi connectivity index (χ3v) is 6.51. The number of hydrogen-bond acceptors (Lipinski definition) is 2. The highest BCUT2D eigenvalue weighted by molar-refractivity contribution is 5.48. The van der Waals surface area contributed by atoms with Gasteiger partial charge in [0.2, 0.25) is 0 Å². The third-order valence-electron chi connectivity index (χ3n) is 6.51. The van der Waals surface area contributed by atoms with E-state index in [9.17, 15) is 10.2 Å². The van der Waals surface area contributed by atoms with Gasteiger partial charge in [-0.25, -0.2) is 0 Å². The Morgan fingerprint density at radius 1 is 1.12 bits per heavy atom. The molecule has 0 amide bonds. The summed E-state index contributed by atoms with van der Waals surface area (Å²) in [5.41, 5.74) is 3.01. The molecule has 3 atom stereocenters. The zero-order valence-electron chi connectivity index (χ0n) is 16.7. The Labute approximate surface area is 158 Å². The molecule has 2 N–H and O–H groups in total. The van der Waals surface area contributed by atoms with E-state index in [1.165, 1.54) is 16.7 Å². The summed E-state index contributed by atoms with van der Waals surface area (Å²) in [6.45, 7) is 10.8. The molecular formula is C24H32O2. The van der Waals surface area contributed by atoms with Crippen molar-refractivity contribution in [2.45, 2.75) is 63.9 Å². The van der Waals surface area contributed by atoms with Crippen molar-refractivity contribution < 1.29 is 10.2 Å². The van der Waals surface area contributed by atoms with Gasteiger partial charge in [0.1, 0.15) is 0 Å². The third kappa shape index (κ3) is 2.90. The molecule has 0 spiro atoms. The van der Waals surface area contributed by atoms with Gasteiger partial charge < -0.3 is 10.2 Å². The summed E-state index contributed by atoms with van der Waals surface area (Å²) in [4.78, 5) is 0. The molecule has 0 saturated carbocycles. The summed E-state index contributed by atoms with van der Waals surface area (Å²) in [7, 11) is 0. The van der Waals surface area contributed by atoms with Gasteiger partial charge in [0.05, 0.1) is 12.7 Å². The summed E-state index contributed by atoms with van der Waals surface area (Å²) in [6.07, 6.45) is 12.9. The van der Waals surface area contributed by atoms with Crippen molar-refractivity contribution in [1.29, 1.82) is 0 Å². The van der Waals surface area contributed by atoms with E-state index >= 15 is 0 Å². The molecule has 2 nitrogen and oxygen atoms in total. The molecule has 2 heteroatoms. The highest BCUT2D eigenvalue weighted by atomic mass is 16.3. The molecule has 0 saturated heterocycles. The number of aliphatic hydroxyl groups excluding tert-OH is 2. The molecular weight excluding hydrogens is 320 g/mol. The normalized spacial score (nSPS) is 32.0. The molecule has 0 bridgehead atoms. The second-order valence-corrected chi connectivity index (χ2v) is 9.12. The van der Waals surface area contributed by atoms with Crippen LogP contribution >= 0.6 is 0 Å². The monoisotopic (exact) mass is 352 g/mol. The van der Waals surface area contributed by atoms with Crippen LogP contribution in [-0.4, -0.2) is 22.9 Å². The molecule has 26 heavy (non-hydrogen) atoms. The van der Waals surface area contributed by atoms with E-state index in [2.05, 4.69) is 70.2 Å². The first-order valence-corrected chi connectivity index (χ1v) is 9.62. The number of allylic oxidation sites excluding steroid dienone is 4. The predicted octanol–water partition coefficient (Wildman–Crippen LogP) is 4.77. The molecule has 1 aromatic carbocycles. The molecule has 0 radical (unpaired) electrons. The quantitative estimate of drug-likeness (QED) is 0.769. The lowest BCUT2D eigenvalue weighted by Crippen LogP contribution is -2.45. The second kappa shape index (κ2) is 6.51. The lowest BCUT2D eigenvalue weighted by molar-refractivity contribution is 0.0582. The minimum Gasteiger partial charge on any atom is -0.395 e. The van der Waals surface area contributed by atoms with Gasteiger partial charge in [-0.2, -0.15) is 0 Å². The van der Waals surface area contributed by atoms with Crippen LogP contribution in [0.4, 0.5) is 0 Å². The molecule has 0 heterocycles. The SMILES string of the molecule is CC=CC1(CO)C=CC=CC1c1ccc2c(c1)C(C)(C)C(O)CC2(C)C. The maximum Gasteiger partial charge on any atom is 0.0639 e. The number of benzene rings is 1. The Bertz CT molecular complexity index is 766. The van der Waals surface area contributed by atoms with Crippen LogP contribution in [0, 0.1) is 5.41 Å². The zero-order chi connectivity index (χ0) is 19.2. The fourth-order valence-electron chi connectivity index (χ4n) is 4.69. The van der Waals surface area contributed by atoms with Gasteiger partial charge >= 0.3 is 0 Å². The van der Waals surface area contributed by atoms with Crippen LogP contribution in [-0.2, 0) is 10.8 Å². The zero-order valence-corrected chi connectivity index (χ0v) is 16.7. The van der Waals surface area contributed by atoms with Crippen molar-refractivity contribution in [3.05, 3.63) is 71.3 Å². The number of rotatable bonds is 3. The van der Waals surface area contributed by atoms with E-state index < -0.39 is 5.41 Å². The van der Waals surface area contributed by atoms with E-state index in [4.69, 9.17) is 0 Å². The molecule has 3 unspecified atom stereocenters. The van der Waals surface area contributed by atoms with Gasteiger partial charge in [0.15, 0.2) is 0 Å². The Morgan fingerprint density at radius 3 is 2.50 bits per heavy atom. The van der Waals surface area contributed by atoms with Crippen LogP contribution in [0.5, 0.6) is 0 Å². The number of hydrogen-bond donors (Lipinski definition) is 2. The van der Waals surface area contributed by atoms with Crippen molar-refractivity contribution in [1.82, 2.24) is 0 Å². The average molecular weight is 353 g/mol. The summed E-state index contributed by atoms with van der Waals surface area (Å²) in [5.74, 6) is 0.0805. The summed E-state index contributed by atoms with van der Waals surface area (Å²) in [6, 6.07) is 6.71. The van der Waals surface area contributed by atoms with Crippen LogP contribution in [0.1, 0.15) is 63.6 Å². The Morgan fingerprint density at radius 2 is 1.85 bits per heavy atom. The summed E-state index contributed by atoms with van der Waals surface area (Å²) < 4.78 is 0. The van der Waals surface area contributed by atoms with Crippen molar-refractivity contribution in [2.75, 3.05) is 6.61 Å². The maximum atomic E-state index is 10.8. The standard InChI is InChI=1S/C24H32O2/c1-6-12-24(16-25)13-8-7-9-18(24)17-10-11-19-20(14-17)23(4,5)21(26)15-22(19,2)3/h6-14,18,21,25-26H,15-16H2,1-5H3. The first-order chi connectivity index (χ1) is 12.2. The highest BCUT2D eigenvalue weighted by Crippen LogP contribution is 2.49. The Hall–Kier alpha value is -1.64. The van der Waals surface area contributed by atoms with E-state index in [0.29, 0.717) is 0 Å². The van der Waals surface area contributed by atoms with Gasteiger partial charge in [-0.15, -0.1) is 0 Å². The number of fused-ring (bicyclic) bond motifs is 1. The molecule has 140 valence electrons. The van der Waals surface area contributed by atoms with Gasteiger partial charge in [0, 0.05) is 16.7 Å². The largest absolute Gasteiger partial charge is 0.395 e. The molecule has 2 aliphatic carbocycles. The first-order valence-electron chi connectivity index (χ1n) is 9.62. The smallest absolute Gasteiger partial charge is 0.0639 e. The van der Waals surface area contributed by atoms with Gasteiger partial charge in [0.25, 0.3) is 0 Å². The van der Waals surface area contributed by atoms with Crippen LogP contribution in [0.25, 0.3) is 0 Å². The average Bonchev–Trinajstić information content (AvgIpc) is 2.60. The minimum absolute atomic E-state index is 0.0392.